The van der Waals surface area contributed by atoms with Gasteiger partial charge in [0.05, 0.1) is 18.2 Å². The number of nitrogens with one attached hydrogen (secondary N) is 2. The molecule has 1 aromatic heterocycles. The first-order chi connectivity index (χ1) is 9.92. The highest BCUT2D eigenvalue weighted by Gasteiger charge is 2.12. The van der Waals surface area contributed by atoms with Crippen molar-refractivity contribution in [1.82, 2.24) is 15.3 Å². The summed E-state index contributed by atoms with van der Waals surface area (Å²) in [5, 5.41) is 7.61. The normalized spacial score (nSPS) is 16.4. The average Bonchev–Trinajstić information content (AvgIpc) is 2.52. The molecule has 1 fully saturated rings. The lowest BCUT2D eigenvalue weighted by molar-refractivity contribution is 0.0394. The van der Waals surface area contributed by atoms with Gasteiger partial charge in [0.1, 0.15) is 0 Å². The maximum atomic E-state index is 5.83. The number of rotatable bonds is 5. The van der Waals surface area contributed by atoms with Crippen LogP contribution in [-0.2, 0) is 4.74 Å². The summed E-state index contributed by atoms with van der Waals surface area (Å²) in [5.74, 6) is 0.664. The van der Waals surface area contributed by atoms with E-state index in [2.05, 4.69) is 20.6 Å². The van der Waals surface area contributed by atoms with Crippen LogP contribution in [0.2, 0.25) is 0 Å². The number of benzene rings is 1. The summed E-state index contributed by atoms with van der Waals surface area (Å²) in [6.45, 7) is 3.56. The number of hydrogen-bond donors (Lipinski definition) is 2. The van der Waals surface area contributed by atoms with Gasteiger partial charge in [-0.05, 0) is 32.0 Å². The molecule has 0 bridgehead atoms. The van der Waals surface area contributed by atoms with E-state index >= 15 is 0 Å². The Morgan fingerprint density at radius 1 is 1.25 bits per heavy atom. The zero-order valence-electron chi connectivity index (χ0n) is 11.5. The van der Waals surface area contributed by atoms with E-state index in [1.807, 2.05) is 30.5 Å². The molecule has 0 atom stereocenters. The highest BCUT2D eigenvalue weighted by molar-refractivity contribution is 5.78. The van der Waals surface area contributed by atoms with Gasteiger partial charge >= 0.3 is 0 Å². The topological polar surface area (TPSA) is 59.1 Å². The van der Waals surface area contributed by atoms with Crippen molar-refractivity contribution in [3.8, 4) is 0 Å². The van der Waals surface area contributed by atoms with Gasteiger partial charge in [-0.2, -0.15) is 0 Å². The van der Waals surface area contributed by atoms with Crippen molar-refractivity contribution in [3.05, 3.63) is 30.5 Å². The van der Waals surface area contributed by atoms with Gasteiger partial charge in [0, 0.05) is 18.1 Å². The first kappa shape index (κ1) is 13.3. The van der Waals surface area contributed by atoms with Gasteiger partial charge in [0.2, 0.25) is 5.95 Å². The molecule has 0 aliphatic carbocycles. The maximum Gasteiger partial charge on any atom is 0.223 e. The number of hydrogen-bond acceptors (Lipinski definition) is 5. The molecule has 2 heterocycles. The van der Waals surface area contributed by atoms with Gasteiger partial charge in [0.25, 0.3) is 0 Å². The standard InChI is InChI=1S/C15H20N4O/c1-2-4-14-12(3-1)11-18-15(19-14)17-9-10-20-13-5-7-16-8-6-13/h1-4,11,13,16H,5-10H2,(H,17,18,19). The highest BCUT2D eigenvalue weighted by atomic mass is 16.5. The molecule has 3 rings (SSSR count). The van der Waals surface area contributed by atoms with Crippen LogP contribution in [0.4, 0.5) is 5.95 Å². The van der Waals surface area contributed by atoms with Gasteiger partial charge in [-0.1, -0.05) is 18.2 Å². The number of ether oxygens (including phenoxy) is 1. The molecular formula is C15H20N4O. The van der Waals surface area contributed by atoms with E-state index in [4.69, 9.17) is 4.74 Å². The first-order valence-electron chi connectivity index (χ1n) is 7.20. The number of aromatic nitrogens is 2. The first-order valence-corrected chi connectivity index (χ1v) is 7.20. The lowest BCUT2D eigenvalue weighted by Crippen LogP contribution is -2.33. The van der Waals surface area contributed by atoms with E-state index in [1.165, 1.54) is 0 Å². The molecule has 1 aliphatic rings. The Labute approximate surface area is 118 Å². The Morgan fingerprint density at radius 3 is 3.00 bits per heavy atom. The quantitative estimate of drug-likeness (QED) is 0.813. The zero-order valence-corrected chi connectivity index (χ0v) is 11.5. The summed E-state index contributed by atoms with van der Waals surface area (Å²) >= 11 is 0. The largest absolute Gasteiger partial charge is 0.376 e. The van der Waals surface area contributed by atoms with E-state index in [0.717, 1.165) is 43.4 Å². The van der Waals surface area contributed by atoms with Crippen molar-refractivity contribution < 1.29 is 4.74 Å². The van der Waals surface area contributed by atoms with Crippen LogP contribution in [0.3, 0.4) is 0 Å². The van der Waals surface area contributed by atoms with Gasteiger partial charge in [0.15, 0.2) is 0 Å². The van der Waals surface area contributed by atoms with Crippen LogP contribution in [0.1, 0.15) is 12.8 Å². The Balaban J connectivity index is 1.47. The molecule has 0 radical (unpaired) electrons. The molecule has 2 aromatic rings. The fourth-order valence-corrected chi connectivity index (χ4v) is 2.41. The molecule has 1 aromatic carbocycles. The van der Waals surface area contributed by atoms with E-state index < -0.39 is 0 Å². The van der Waals surface area contributed by atoms with Gasteiger partial charge < -0.3 is 15.4 Å². The second-order valence-corrected chi connectivity index (χ2v) is 5.00. The number of fused-ring (bicyclic) bond motifs is 1. The van der Waals surface area contributed by atoms with Crippen LogP contribution >= 0.6 is 0 Å². The lowest BCUT2D eigenvalue weighted by atomic mass is 10.1. The fourth-order valence-electron chi connectivity index (χ4n) is 2.41. The Kier molecular flexibility index (Phi) is 4.40. The maximum absolute atomic E-state index is 5.83. The van der Waals surface area contributed by atoms with Gasteiger partial charge in [-0.15, -0.1) is 0 Å². The highest BCUT2D eigenvalue weighted by Crippen LogP contribution is 2.11. The number of para-hydroxylation sites is 1. The number of anilines is 1. The van der Waals surface area contributed by atoms with Crippen molar-refractivity contribution >= 4 is 16.9 Å². The minimum Gasteiger partial charge on any atom is -0.376 e. The van der Waals surface area contributed by atoms with E-state index in [0.29, 0.717) is 18.7 Å². The predicted octanol–water partition coefficient (Wildman–Crippen LogP) is 1.81. The number of nitrogens with zero attached hydrogens (tertiary/aromatic N) is 2. The molecule has 106 valence electrons. The molecule has 20 heavy (non-hydrogen) atoms. The monoisotopic (exact) mass is 272 g/mol. The number of piperidine rings is 1. The second kappa shape index (κ2) is 6.63. The van der Waals surface area contributed by atoms with Crippen molar-refractivity contribution in [2.45, 2.75) is 18.9 Å². The molecule has 5 heteroatoms. The third-order valence-electron chi connectivity index (χ3n) is 3.51. The molecule has 0 amide bonds. The Bertz CT molecular complexity index is 554. The predicted molar refractivity (Wildman–Crippen MR) is 79.9 cm³/mol. The molecular weight excluding hydrogens is 252 g/mol. The minimum absolute atomic E-state index is 0.399. The molecule has 1 saturated heterocycles. The summed E-state index contributed by atoms with van der Waals surface area (Å²) in [5.41, 5.74) is 0.962. The SMILES string of the molecule is c1ccc2nc(NCCOC3CCNCC3)ncc2c1. The summed E-state index contributed by atoms with van der Waals surface area (Å²) in [6.07, 6.45) is 4.45. The summed E-state index contributed by atoms with van der Waals surface area (Å²) < 4.78 is 5.83. The smallest absolute Gasteiger partial charge is 0.223 e. The van der Waals surface area contributed by atoms with Crippen molar-refractivity contribution in [2.24, 2.45) is 0 Å². The fraction of sp³-hybridized carbons (Fsp3) is 0.467. The molecule has 5 nitrogen and oxygen atoms in total. The zero-order chi connectivity index (χ0) is 13.6. The summed E-state index contributed by atoms with van der Waals surface area (Å²) in [7, 11) is 0. The summed E-state index contributed by atoms with van der Waals surface area (Å²) in [4.78, 5) is 8.78. The summed E-state index contributed by atoms with van der Waals surface area (Å²) in [6, 6.07) is 7.98. The Morgan fingerprint density at radius 2 is 2.10 bits per heavy atom. The van der Waals surface area contributed by atoms with Crippen molar-refractivity contribution in [1.29, 1.82) is 0 Å². The third kappa shape index (κ3) is 3.43. The van der Waals surface area contributed by atoms with Crippen LogP contribution in [-0.4, -0.2) is 42.3 Å². The van der Waals surface area contributed by atoms with Gasteiger partial charge in [-0.3, -0.25) is 0 Å². The van der Waals surface area contributed by atoms with Gasteiger partial charge in [-0.25, -0.2) is 9.97 Å². The molecule has 0 spiro atoms. The van der Waals surface area contributed by atoms with E-state index in [-0.39, 0.29) is 0 Å². The average molecular weight is 272 g/mol. The third-order valence-corrected chi connectivity index (χ3v) is 3.51. The van der Waals surface area contributed by atoms with Crippen molar-refractivity contribution in [2.75, 3.05) is 31.6 Å². The van der Waals surface area contributed by atoms with E-state index in [9.17, 15) is 0 Å². The minimum atomic E-state index is 0.399. The van der Waals surface area contributed by atoms with E-state index in [1.54, 1.807) is 0 Å². The Hall–Kier alpha value is -1.72. The molecule has 2 N–H and O–H groups in total. The van der Waals surface area contributed by atoms with Crippen LogP contribution in [0.25, 0.3) is 10.9 Å². The van der Waals surface area contributed by atoms with Crippen LogP contribution in [0.15, 0.2) is 30.5 Å². The van der Waals surface area contributed by atoms with Crippen LogP contribution < -0.4 is 10.6 Å². The van der Waals surface area contributed by atoms with Crippen LogP contribution in [0.5, 0.6) is 0 Å². The lowest BCUT2D eigenvalue weighted by Gasteiger charge is -2.22. The van der Waals surface area contributed by atoms with Crippen molar-refractivity contribution in [3.63, 3.8) is 0 Å². The molecule has 0 unspecified atom stereocenters. The van der Waals surface area contributed by atoms with Crippen LogP contribution in [0, 0.1) is 0 Å². The molecule has 0 saturated carbocycles. The second-order valence-electron chi connectivity index (χ2n) is 5.00. The molecule has 1 aliphatic heterocycles.